The van der Waals surface area contributed by atoms with Gasteiger partial charge in [0.1, 0.15) is 0 Å². The third-order valence-electron chi connectivity index (χ3n) is 3.52. The fourth-order valence-corrected chi connectivity index (χ4v) is 2.39. The fraction of sp³-hybridized carbons (Fsp3) is 0.538. The zero-order chi connectivity index (χ0) is 13.2. The molecule has 0 aromatic heterocycles. The second-order valence-electron chi connectivity index (χ2n) is 4.98. The van der Waals surface area contributed by atoms with E-state index in [0.29, 0.717) is 18.7 Å². The minimum Gasteiger partial charge on any atom is -0.504 e. The molecule has 1 aromatic rings. The molecule has 0 aliphatic heterocycles. The van der Waals surface area contributed by atoms with Crippen molar-refractivity contribution in [2.24, 2.45) is 0 Å². The van der Waals surface area contributed by atoms with Crippen molar-refractivity contribution in [3.05, 3.63) is 17.7 Å². The lowest BCUT2D eigenvalue weighted by molar-refractivity contribution is 0.0474. The summed E-state index contributed by atoms with van der Waals surface area (Å²) < 4.78 is 0. The van der Waals surface area contributed by atoms with Crippen LogP contribution in [0, 0.1) is 0 Å². The summed E-state index contributed by atoms with van der Waals surface area (Å²) in [5.41, 5.74) is -0.152. The van der Waals surface area contributed by atoms with Crippen LogP contribution in [0.15, 0.2) is 12.1 Å². The van der Waals surface area contributed by atoms with Crippen LogP contribution in [0.5, 0.6) is 17.2 Å². The number of aromatic hydroxyl groups is 3. The van der Waals surface area contributed by atoms with Gasteiger partial charge in [-0.2, -0.15) is 0 Å². The number of hydrogen-bond donors (Lipinski definition) is 5. The summed E-state index contributed by atoms with van der Waals surface area (Å²) in [6.07, 6.45) is 3.69. The van der Waals surface area contributed by atoms with E-state index in [1.165, 1.54) is 12.1 Å². The minimum atomic E-state index is -0.644. The first-order valence-electron chi connectivity index (χ1n) is 6.18. The van der Waals surface area contributed by atoms with Gasteiger partial charge >= 0.3 is 0 Å². The van der Waals surface area contributed by atoms with Gasteiger partial charge in [-0.3, -0.25) is 0 Å². The van der Waals surface area contributed by atoms with E-state index in [0.717, 1.165) is 25.7 Å². The van der Waals surface area contributed by atoms with Crippen LogP contribution in [0.1, 0.15) is 31.2 Å². The molecule has 5 N–H and O–H groups in total. The van der Waals surface area contributed by atoms with Gasteiger partial charge in [-0.05, 0) is 18.9 Å². The van der Waals surface area contributed by atoms with Crippen molar-refractivity contribution in [2.45, 2.75) is 37.8 Å². The van der Waals surface area contributed by atoms with Gasteiger partial charge in [0, 0.05) is 18.7 Å². The topological polar surface area (TPSA) is 93.0 Å². The third kappa shape index (κ3) is 2.68. The first-order valence-corrected chi connectivity index (χ1v) is 6.18. The van der Waals surface area contributed by atoms with Gasteiger partial charge in [-0.25, -0.2) is 0 Å². The molecule has 0 amide bonds. The summed E-state index contributed by atoms with van der Waals surface area (Å²) in [6.45, 7) is 0.802. The summed E-state index contributed by atoms with van der Waals surface area (Å²) in [4.78, 5) is 0. The maximum Gasteiger partial charge on any atom is 0.200 e. The summed E-state index contributed by atoms with van der Waals surface area (Å²) >= 11 is 0. The molecule has 1 aliphatic rings. The van der Waals surface area contributed by atoms with Crippen molar-refractivity contribution in [2.75, 3.05) is 6.54 Å². The smallest absolute Gasteiger partial charge is 0.200 e. The van der Waals surface area contributed by atoms with Crippen LogP contribution in [0.25, 0.3) is 0 Å². The van der Waals surface area contributed by atoms with Crippen molar-refractivity contribution < 1.29 is 20.4 Å². The average Bonchev–Trinajstić information content (AvgIpc) is 2.77. The Labute approximate surface area is 106 Å². The van der Waals surface area contributed by atoms with Gasteiger partial charge in [0.2, 0.25) is 5.75 Å². The zero-order valence-corrected chi connectivity index (χ0v) is 10.2. The van der Waals surface area contributed by atoms with Crippen molar-refractivity contribution in [1.29, 1.82) is 0 Å². The molecule has 5 heteroatoms. The maximum atomic E-state index is 10.1. The van der Waals surface area contributed by atoms with E-state index in [9.17, 15) is 20.4 Å². The molecular formula is C13H19NO4. The van der Waals surface area contributed by atoms with Gasteiger partial charge < -0.3 is 25.7 Å². The van der Waals surface area contributed by atoms with E-state index in [1.807, 2.05) is 0 Å². The molecule has 0 spiro atoms. The lowest BCUT2D eigenvalue weighted by Gasteiger charge is -2.22. The number of benzene rings is 1. The van der Waals surface area contributed by atoms with Gasteiger partial charge in [0.15, 0.2) is 11.5 Å². The molecule has 0 unspecified atom stereocenters. The zero-order valence-electron chi connectivity index (χ0n) is 10.2. The van der Waals surface area contributed by atoms with E-state index in [1.54, 1.807) is 0 Å². The van der Waals surface area contributed by atoms with E-state index in [-0.39, 0.29) is 11.5 Å². The molecule has 1 fully saturated rings. The van der Waals surface area contributed by atoms with Crippen LogP contribution in [0.3, 0.4) is 0 Å². The molecule has 0 bridgehead atoms. The molecule has 0 saturated heterocycles. The van der Waals surface area contributed by atoms with Gasteiger partial charge in [0.25, 0.3) is 0 Å². The number of nitrogens with one attached hydrogen (secondary N) is 1. The van der Waals surface area contributed by atoms with Crippen LogP contribution in [0.4, 0.5) is 0 Å². The third-order valence-corrected chi connectivity index (χ3v) is 3.52. The minimum absolute atomic E-state index is 0.319. The maximum absolute atomic E-state index is 10.1. The summed E-state index contributed by atoms with van der Waals surface area (Å²) in [5.74, 6) is -1.17. The Balaban J connectivity index is 1.92. The molecule has 0 heterocycles. The van der Waals surface area contributed by atoms with E-state index in [2.05, 4.69) is 5.32 Å². The monoisotopic (exact) mass is 253 g/mol. The number of phenolic OH excluding ortho intramolecular Hbond substituents is 3. The Hall–Kier alpha value is -1.46. The molecule has 1 aromatic carbocycles. The Morgan fingerprint density at radius 2 is 1.72 bits per heavy atom. The molecule has 0 atom stereocenters. The molecule has 1 saturated carbocycles. The molecule has 100 valence electrons. The van der Waals surface area contributed by atoms with Crippen molar-refractivity contribution >= 4 is 0 Å². The Morgan fingerprint density at radius 1 is 1.06 bits per heavy atom. The van der Waals surface area contributed by atoms with Crippen LogP contribution in [-0.2, 0) is 6.54 Å². The molecule has 1 aliphatic carbocycles. The molecule has 2 rings (SSSR count). The Morgan fingerprint density at radius 3 is 2.39 bits per heavy atom. The fourth-order valence-electron chi connectivity index (χ4n) is 2.39. The number of aliphatic hydroxyl groups is 1. The molecule has 5 nitrogen and oxygen atoms in total. The van der Waals surface area contributed by atoms with Crippen LogP contribution >= 0.6 is 0 Å². The van der Waals surface area contributed by atoms with Gasteiger partial charge in [0.05, 0.1) is 5.60 Å². The van der Waals surface area contributed by atoms with E-state index in [4.69, 9.17) is 0 Å². The van der Waals surface area contributed by atoms with Crippen LogP contribution in [0.2, 0.25) is 0 Å². The summed E-state index contributed by atoms with van der Waals surface area (Å²) in [6, 6.07) is 2.87. The standard InChI is InChI=1S/C13H19NO4/c15-10-4-3-9(11(16)12(10)17)7-14-8-13(18)5-1-2-6-13/h3-4,14-18H,1-2,5-8H2. The van der Waals surface area contributed by atoms with E-state index >= 15 is 0 Å². The van der Waals surface area contributed by atoms with Crippen molar-refractivity contribution in [1.82, 2.24) is 5.32 Å². The highest BCUT2D eigenvalue weighted by molar-refractivity contribution is 5.52. The second-order valence-corrected chi connectivity index (χ2v) is 4.98. The predicted molar refractivity (Wildman–Crippen MR) is 66.6 cm³/mol. The number of hydrogen-bond acceptors (Lipinski definition) is 5. The second kappa shape index (κ2) is 5.04. The summed E-state index contributed by atoms with van der Waals surface area (Å²) in [5, 5.41) is 41.4. The lowest BCUT2D eigenvalue weighted by Crippen LogP contribution is -2.37. The van der Waals surface area contributed by atoms with Crippen molar-refractivity contribution in [3.63, 3.8) is 0 Å². The van der Waals surface area contributed by atoms with Crippen molar-refractivity contribution in [3.8, 4) is 17.2 Å². The highest BCUT2D eigenvalue weighted by atomic mass is 16.3. The first kappa shape index (κ1) is 13.0. The largest absolute Gasteiger partial charge is 0.504 e. The average molecular weight is 253 g/mol. The molecule has 18 heavy (non-hydrogen) atoms. The predicted octanol–water partition coefficient (Wildman–Crippen LogP) is 1.20. The number of phenols is 3. The van der Waals surface area contributed by atoms with Gasteiger partial charge in [-0.1, -0.05) is 18.9 Å². The Bertz CT molecular complexity index is 427. The van der Waals surface area contributed by atoms with Crippen LogP contribution in [-0.4, -0.2) is 32.6 Å². The highest BCUT2D eigenvalue weighted by Gasteiger charge is 2.30. The van der Waals surface area contributed by atoms with Crippen LogP contribution < -0.4 is 5.32 Å². The SMILES string of the molecule is Oc1ccc(CNCC2(O)CCCC2)c(O)c1O. The lowest BCUT2D eigenvalue weighted by atomic mass is 10.0. The number of rotatable bonds is 4. The highest BCUT2D eigenvalue weighted by Crippen LogP contribution is 2.37. The summed E-state index contributed by atoms with van der Waals surface area (Å²) in [7, 11) is 0. The Kier molecular flexibility index (Phi) is 3.63. The van der Waals surface area contributed by atoms with E-state index < -0.39 is 11.4 Å². The normalized spacial score (nSPS) is 18.1. The quantitative estimate of drug-likeness (QED) is 0.520. The molecular weight excluding hydrogens is 234 g/mol. The molecule has 0 radical (unpaired) electrons. The van der Waals surface area contributed by atoms with Gasteiger partial charge in [-0.15, -0.1) is 0 Å². The first-order chi connectivity index (χ1) is 8.52.